The van der Waals surface area contributed by atoms with Crippen molar-refractivity contribution in [1.82, 2.24) is 9.88 Å². The van der Waals surface area contributed by atoms with E-state index in [0.29, 0.717) is 30.4 Å². The van der Waals surface area contributed by atoms with Gasteiger partial charge in [0, 0.05) is 5.69 Å². The van der Waals surface area contributed by atoms with Crippen molar-refractivity contribution in [3.8, 4) is 11.8 Å². The molecule has 0 unspecified atom stereocenters. The van der Waals surface area contributed by atoms with Crippen molar-refractivity contribution in [1.29, 1.82) is 5.26 Å². The van der Waals surface area contributed by atoms with E-state index in [2.05, 4.69) is 9.88 Å². The number of aliphatic carboxylic acids is 1. The minimum atomic E-state index is -5.08. The van der Waals surface area contributed by atoms with Crippen LogP contribution in [0.25, 0.3) is 0 Å². The van der Waals surface area contributed by atoms with Crippen molar-refractivity contribution in [2.45, 2.75) is 64.3 Å². The van der Waals surface area contributed by atoms with Crippen LogP contribution in [-0.4, -0.2) is 75.8 Å². The number of pyridine rings is 1. The number of carboxylic acids is 1. The molecule has 2 saturated heterocycles. The predicted octanol–water partition coefficient (Wildman–Crippen LogP) is 5.05. The number of anilines is 2. The number of halogens is 6. The molecule has 4 rings (SSSR count). The van der Waals surface area contributed by atoms with Crippen LogP contribution in [0.2, 0.25) is 0 Å². The van der Waals surface area contributed by atoms with E-state index in [1.54, 1.807) is 24.8 Å². The second kappa shape index (κ2) is 15.4. The van der Waals surface area contributed by atoms with E-state index in [0.717, 1.165) is 55.1 Å². The first-order valence-corrected chi connectivity index (χ1v) is 15.4. The second-order valence-electron chi connectivity index (χ2n) is 11.8. The number of primary amides is 1. The molecule has 2 amide bonds. The molecule has 1 aromatic carbocycles. The fraction of sp³-hybridized carbons (Fsp3) is 0.484. The molecule has 2 aliphatic rings. The highest BCUT2D eigenvalue weighted by Gasteiger charge is 2.51. The number of carbonyl (C=O) groups excluding carboxylic acids is 2. The highest BCUT2D eigenvalue weighted by atomic mass is 32.1. The van der Waals surface area contributed by atoms with E-state index < -0.39 is 41.0 Å². The van der Waals surface area contributed by atoms with Crippen LogP contribution in [0, 0.1) is 17.2 Å². The van der Waals surface area contributed by atoms with Crippen LogP contribution in [0.4, 0.5) is 37.7 Å². The maximum Gasteiger partial charge on any atom is 0.490 e. The Hall–Kier alpha value is -4.50. The van der Waals surface area contributed by atoms with Crippen LogP contribution in [0.5, 0.6) is 5.75 Å². The molecule has 0 saturated carbocycles. The van der Waals surface area contributed by atoms with Gasteiger partial charge in [0.05, 0.1) is 30.6 Å². The maximum atomic E-state index is 13.6. The minimum absolute atomic E-state index is 0.00281. The average molecular weight is 717 g/mol. The van der Waals surface area contributed by atoms with Gasteiger partial charge in [-0.3, -0.25) is 19.4 Å². The summed E-state index contributed by atoms with van der Waals surface area (Å²) in [5.41, 5.74) is 3.40. The Morgan fingerprint density at radius 1 is 1.14 bits per heavy atom. The number of nitriles is 1. The molecule has 3 heterocycles. The number of amides is 2. The molecule has 3 N–H and O–H groups in total. The Bertz CT molecular complexity index is 1620. The Labute approximate surface area is 283 Å². The topological polar surface area (TPSA) is 153 Å². The number of likely N-dealkylation sites (tertiary alicyclic amines) is 1. The Morgan fingerprint density at radius 3 is 2.27 bits per heavy atom. The smallest absolute Gasteiger partial charge is 0.490 e. The number of thiocarbonyl (C=S) groups is 1. The number of benzene rings is 1. The average Bonchev–Trinajstić information content (AvgIpc) is 3.19. The van der Waals surface area contributed by atoms with Gasteiger partial charge in [0.1, 0.15) is 17.4 Å². The summed E-state index contributed by atoms with van der Waals surface area (Å²) in [5.74, 6) is -2.39. The van der Waals surface area contributed by atoms with Gasteiger partial charge in [0.2, 0.25) is 5.91 Å². The summed E-state index contributed by atoms with van der Waals surface area (Å²) in [7, 11) is 0. The van der Waals surface area contributed by atoms with Crippen LogP contribution >= 0.6 is 12.2 Å². The molecule has 0 atom stereocenters. The number of hydrogen-bond donors (Lipinski definition) is 2. The molecule has 0 radical (unpaired) electrons. The Kier molecular flexibility index (Phi) is 12.2. The highest BCUT2D eigenvalue weighted by Crippen LogP contribution is 2.40. The number of nitrogens with zero attached hydrogens (tertiary/aromatic N) is 5. The van der Waals surface area contributed by atoms with Crippen LogP contribution in [0.15, 0.2) is 30.5 Å². The summed E-state index contributed by atoms with van der Waals surface area (Å²) in [6, 6.07) is 7.65. The largest absolute Gasteiger partial charge is 0.493 e. The monoisotopic (exact) mass is 716 g/mol. The summed E-state index contributed by atoms with van der Waals surface area (Å²) in [6.07, 6.45) is -5.40. The number of nitrogens with two attached hydrogens (primary N) is 1. The first-order valence-electron chi connectivity index (χ1n) is 14.9. The second-order valence-corrected chi connectivity index (χ2v) is 12.2. The number of aryl methyl sites for hydroxylation is 1. The zero-order valence-corrected chi connectivity index (χ0v) is 27.5. The zero-order valence-electron chi connectivity index (χ0n) is 26.7. The molecule has 2 aromatic rings. The number of aromatic nitrogens is 1. The number of rotatable bonds is 9. The molecule has 11 nitrogen and oxygen atoms in total. The van der Waals surface area contributed by atoms with Crippen molar-refractivity contribution in [3.05, 3.63) is 47.3 Å². The summed E-state index contributed by atoms with van der Waals surface area (Å²) in [6.45, 7) is 7.75. The summed E-state index contributed by atoms with van der Waals surface area (Å²) >= 11 is 5.63. The Morgan fingerprint density at radius 2 is 1.76 bits per heavy atom. The lowest BCUT2D eigenvalue weighted by Gasteiger charge is -2.31. The lowest BCUT2D eigenvalue weighted by molar-refractivity contribution is -0.192. The van der Waals surface area contributed by atoms with Crippen LogP contribution in [0.3, 0.4) is 0 Å². The molecule has 18 heteroatoms. The molecule has 266 valence electrons. The van der Waals surface area contributed by atoms with Crippen molar-refractivity contribution >= 4 is 46.5 Å². The van der Waals surface area contributed by atoms with Gasteiger partial charge in [-0.15, -0.1) is 0 Å². The third kappa shape index (κ3) is 9.35. The standard InChI is InChI=1S/C29H33F3N6O3S.C2HF3O2/c1-4-19-13-20(5-6-24(19)41-12-9-18-7-10-36(11-8-18)17-25(34)39)38-27(42)37(26(40)28(38,2)3)21-14-22(29(30,31)32)23(15-33)35-16-21;3-2(4,5)1(6)7/h5-6,13-14,16,18H,4,7-12,17H2,1-3H3,(H2,34,39);(H,6,7). The first-order chi connectivity index (χ1) is 22.7. The number of carbonyl (C=O) groups is 3. The van der Waals surface area contributed by atoms with Gasteiger partial charge in [-0.2, -0.15) is 31.6 Å². The summed E-state index contributed by atoms with van der Waals surface area (Å²) < 4.78 is 78.7. The fourth-order valence-corrected chi connectivity index (χ4v) is 5.97. The molecule has 2 aliphatic heterocycles. The van der Waals surface area contributed by atoms with Crippen LogP contribution in [-0.2, 0) is 27.0 Å². The van der Waals surface area contributed by atoms with Gasteiger partial charge >= 0.3 is 18.3 Å². The van der Waals surface area contributed by atoms with Gasteiger partial charge in [-0.25, -0.2) is 9.78 Å². The number of alkyl halides is 6. The summed E-state index contributed by atoms with van der Waals surface area (Å²) in [4.78, 5) is 41.9. The van der Waals surface area contributed by atoms with E-state index in [4.69, 9.17) is 37.9 Å². The normalized spacial score (nSPS) is 17.0. The number of ether oxygens (including phenoxy) is 1. The highest BCUT2D eigenvalue weighted by molar-refractivity contribution is 7.81. The van der Waals surface area contributed by atoms with Gasteiger partial charge < -0.3 is 20.5 Å². The van der Waals surface area contributed by atoms with E-state index >= 15 is 0 Å². The SMILES string of the molecule is CCc1cc(N2C(=S)N(c3cnc(C#N)c(C(F)(F)F)c3)C(=O)C2(C)C)ccc1OCCC1CCN(CC(N)=O)CC1.O=C(O)C(F)(F)F. The van der Waals surface area contributed by atoms with Gasteiger partial charge in [0.15, 0.2) is 10.8 Å². The van der Waals surface area contributed by atoms with Gasteiger partial charge in [-0.1, -0.05) is 6.92 Å². The molecule has 1 aromatic heterocycles. The molecule has 0 aliphatic carbocycles. The van der Waals surface area contributed by atoms with Crippen molar-refractivity contribution in [2.75, 3.05) is 36.0 Å². The van der Waals surface area contributed by atoms with Gasteiger partial charge in [-0.05, 0) is 101 Å². The molecule has 49 heavy (non-hydrogen) atoms. The van der Waals surface area contributed by atoms with E-state index in [1.807, 2.05) is 19.1 Å². The van der Waals surface area contributed by atoms with Crippen LogP contribution in [0.1, 0.15) is 56.9 Å². The van der Waals surface area contributed by atoms with E-state index in [9.17, 15) is 35.9 Å². The third-order valence-corrected chi connectivity index (χ3v) is 8.37. The van der Waals surface area contributed by atoms with E-state index in [-0.39, 0.29) is 23.3 Å². The minimum Gasteiger partial charge on any atom is -0.493 e. The first kappa shape index (κ1) is 38.9. The zero-order chi connectivity index (χ0) is 36.9. The third-order valence-electron chi connectivity index (χ3n) is 8.01. The maximum absolute atomic E-state index is 13.6. The van der Waals surface area contributed by atoms with Gasteiger partial charge in [0.25, 0.3) is 5.91 Å². The summed E-state index contributed by atoms with van der Waals surface area (Å²) in [5, 5.41) is 16.2. The van der Waals surface area contributed by atoms with Crippen molar-refractivity contribution in [2.24, 2.45) is 11.7 Å². The molecule has 2 fully saturated rings. The Balaban J connectivity index is 0.000000838. The lowest BCUT2D eigenvalue weighted by atomic mass is 9.94. The number of carboxylic acid groups (broad SMARTS) is 1. The quantitative estimate of drug-likeness (QED) is 0.266. The molecule has 0 spiro atoms. The predicted molar refractivity (Wildman–Crippen MR) is 169 cm³/mol. The molecule has 0 bridgehead atoms. The van der Waals surface area contributed by atoms with Crippen molar-refractivity contribution < 1.29 is 50.6 Å². The van der Waals surface area contributed by atoms with Crippen LogP contribution < -0.4 is 20.3 Å². The number of hydrogen-bond acceptors (Lipinski definition) is 8. The fourth-order valence-electron chi connectivity index (χ4n) is 5.45. The molecular weight excluding hydrogens is 682 g/mol. The lowest BCUT2D eigenvalue weighted by Crippen LogP contribution is -2.44. The van der Waals surface area contributed by atoms with E-state index in [1.165, 1.54) is 6.07 Å². The van der Waals surface area contributed by atoms with Crippen molar-refractivity contribution in [3.63, 3.8) is 0 Å². The molecular formula is C31H34F6N6O5S. The number of piperidine rings is 1.